The summed E-state index contributed by atoms with van der Waals surface area (Å²) in [5.74, 6) is 0.108. The molecule has 0 aromatic heterocycles. The fourth-order valence-electron chi connectivity index (χ4n) is 1.30. The fourth-order valence-corrected chi connectivity index (χ4v) is 1.49. The summed E-state index contributed by atoms with van der Waals surface area (Å²) >= 11 is 6.02. The number of anilines is 1. The van der Waals surface area contributed by atoms with Gasteiger partial charge in [-0.2, -0.15) is 0 Å². The van der Waals surface area contributed by atoms with Crippen molar-refractivity contribution in [3.8, 4) is 0 Å². The maximum atomic E-state index is 11.3. The molecule has 0 aliphatic carbocycles. The van der Waals surface area contributed by atoms with Gasteiger partial charge in [-0.3, -0.25) is 4.79 Å². The first-order valence-electron chi connectivity index (χ1n) is 5.21. The first-order valence-corrected chi connectivity index (χ1v) is 5.58. The van der Waals surface area contributed by atoms with Gasteiger partial charge < -0.3 is 10.2 Å². The highest BCUT2D eigenvalue weighted by Gasteiger charge is 2.04. The van der Waals surface area contributed by atoms with Crippen molar-refractivity contribution in [3.05, 3.63) is 28.8 Å². The van der Waals surface area contributed by atoms with E-state index in [1.807, 2.05) is 25.1 Å². The largest absolute Gasteiger partial charge is 0.383 e. The number of benzene rings is 1. The van der Waals surface area contributed by atoms with Crippen molar-refractivity contribution in [2.24, 2.45) is 0 Å². The third-order valence-corrected chi connectivity index (χ3v) is 2.60. The Labute approximate surface area is 101 Å². The van der Waals surface area contributed by atoms with E-state index < -0.39 is 0 Å². The van der Waals surface area contributed by atoms with Gasteiger partial charge >= 0.3 is 0 Å². The standard InChI is InChI=1S/C12H17ClN2O/c1-9-4-5-10(13)11(8-9)14-7-6-12(16)15(2)3/h4-5,8,14H,6-7H2,1-3H3. The number of amides is 1. The third-order valence-electron chi connectivity index (χ3n) is 2.27. The molecule has 0 aliphatic heterocycles. The van der Waals surface area contributed by atoms with E-state index in [4.69, 9.17) is 11.6 Å². The number of nitrogens with one attached hydrogen (secondary N) is 1. The second kappa shape index (κ2) is 5.75. The maximum absolute atomic E-state index is 11.3. The highest BCUT2D eigenvalue weighted by atomic mass is 35.5. The molecule has 0 unspecified atom stereocenters. The molecule has 4 heteroatoms. The molecule has 1 rings (SSSR count). The van der Waals surface area contributed by atoms with Gasteiger partial charge in [0.2, 0.25) is 5.91 Å². The van der Waals surface area contributed by atoms with Gasteiger partial charge in [0.15, 0.2) is 0 Å². The van der Waals surface area contributed by atoms with Gasteiger partial charge in [0.1, 0.15) is 0 Å². The molecule has 88 valence electrons. The van der Waals surface area contributed by atoms with Crippen molar-refractivity contribution in [2.75, 3.05) is 26.0 Å². The van der Waals surface area contributed by atoms with Crippen molar-refractivity contribution in [1.29, 1.82) is 0 Å². The average Bonchev–Trinajstić information content (AvgIpc) is 2.22. The lowest BCUT2D eigenvalue weighted by atomic mass is 10.2. The Morgan fingerprint density at radius 3 is 2.75 bits per heavy atom. The minimum atomic E-state index is 0.108. The van der Waals surface area contributed by atoms with Gasteiger partial charge in [-0.25, -0.2) is 0 Å². The first kappa shape index (κ1) is 12.8. The zero-order chi connectivity index (χ0) is 12.1. The molecule has 0 spiro atoms. The van der Waals surface area contributed by atoms with Gasteiger partial charge in [-0.15, -0.1) is 0 Å². The van der Waals surface area contributed by atoms with E-state index in [-0.39, 0.29) is 5.91 Å². The Bertz CT molecular complexity index is 377. The van der Waals surface area contributed by atoms with E-state index in [0.29, 0.717) is 18.0 Å². The number of hydrogen-bond acceptors (Lipinski definition) is 2. The molecule has 1 aromatic carbocycles. The number of carbonyl (C=O) groups is 1. The topological polar surface area (TPSA) is 32.3 Å². The Hall–Kier alpha value is -1.22. The van der Waals surface area contributed by atoms with Crippen molar-refractivity contribution in [3.63, 3.8) is 0 Å². The summed E-state index contributed by atoms with van der Waals surface area (Å²) in [6, 6.07) is 5.79. The summed E-state index contributed by atoms with van der Waals surface area (Å²) in [6.45, 7) is 2.60. The number of halogens is 1. The smallest absolute Gasteiger partial charge is 0.223 e. The van der Waals surface area contributed by atoms with Gasteiger partial charge in [0, 0.05) is 27.1 Å². The highest BCUT2D eigenvalue weighted by molar-refractivity contribution is 6.33. The second-order valence-corrected chi connectivity index (χ2v) is 4.36. The van der Waals surface area contributed by atoms with Crippen LogP contribution in [0.4, 0.5) is 5.69 Å². The molecule has 0 radical (unpaired) electrons. The third kappa shape index (κ3) is 3.74. The van der Waals surface area contributed by atoms with E-state index in [0.717, 1.165) is 11.3 Å². The van der Waals surface area contributed by atoms with Crippen LogP contribution in [0.25, 0.3) is 0 Å². The molecule has 0 atom stereocenters. The van der Waals surface area contributed by atoms with Crippen molar-refractivity contribution in [1.82, 2.24) is 4.90 Å². The van der Waals surface area contributed by atoms with Crippen molar-refractivity contribution < 1.29 is 4.79 Å². The Balaban J connectivity index is 2.49. The molecule has 0 heterocycles. The molecule has 3 nitrogen and oxygen atoms in total. The lowest BCUT2D eigenvalue weighted by Gasteiger charge is -2.12. The van der Waals surface area contributed by atoms with E-state index in [9.17, 15) is 4.79 Å². The van der Waals surface area contributed by atoms with Crippen LogP contribution in [-0.2, 0) is 4.79 Å². The lowest BCUT2D eigenvalue weighted by molar-refractivity contribution is -0.128. The zero-order valence-electron chi connectivity index (χ0n) is 9.88. The molecule has 0 saturated carbocycles. The molecule has 1 amide bonds. The van der Waals surface area contributed by atoms with E-state index in [1.165, 1.54) is 0 Å². The maximum Gasteiger partial charge on any atom is 0.223 e. The first-order chi connectivity index (χ1) is 7.50. The van der Waals surface area contributed by atoms with E-state index in [1.54, 1.807) is 19.0 Å². The number of carbonyl (C=O) groups excluding carboxylic acids is 1. The second-order valence-electron chi connectivity index (χ2n) is 3.95. The molecule has 1 aromatic rings. The van der Waals surface area contributed by atoms with Crippen LogP contribution in [0.5, 0.6) is 0 Å². The minimum absolute atomic E-state index is 0.108. The van der Waals surface area contributed by atoms with E-state index >= 15 is 0 Å². The average molecular weight is 241 g/mol. The summed E-state index contributed by atoms with van der Waals surface area (Å²) in [7, 11) is 3.50. The monoisotopic (exact) mass is 240 g/mol. The molecular formula is C12H17ClN2O. The van der Waals surface area contributed by atoms with Crippen LogP contribution < -0.4 is 5.32 Å². The van der Waals surface area contributed by atoms with Gasteiger partial charge in [0.25, 0.3) is 0 Å². The Kier molecular flexibility index (Phi) is 4.62. The van der Waals surface area contributed by atoms with Crippen LogP contribution >= 0.6 is 11.6 Å². The molecular weight excluding hydrogens is 224 g/mol. The summed E-state index contributed by atoms with van der Waals surface area (Å²) in [5.41, 5.74) is 2.03. The predicted molar refractivity (Wildman–Crippen MR) is 68.0 cm³/mol. The SMILES string of the molecule is Cc1ccc(Cl)c(NCCC(=O)N(C)C)c1. The molecule has 0 aliphatic rings. The van der Waals surface area contributed by atoms with Crippen molar-refractivity contribution >= 4 is 23.2 Å². The normalized spacial score (nSPS) is 10.0. The van der Waals surface area contributed by atoms with Crippen LogP contribution in [0.3, 0.4) is 0 Å². The number of rotatable bonds is 4. The van der Waals surface area contributed by atoms with Gasteiger partial charge in [0.05, 0.1) is 10.7 Å². The summed E-state index contributed by atoms with van der Waals surface area (Å²) in [6.07, 6.45) is 0.470. The van der Waals surface area contributed by atoms with E-state index in [2.05, 4.69) is 5.32 Å². The van der Waals surface area contributed by atoms with Crippen LogP contribution in [0.1, 0.15) is 12.0 Å². The Morgan fingerprint density at radius 2 is 2.12 bits per heavy atom. The van der Waals surface area contributed by atoms with Crippen LogP contribution in [0.15, 0.2) is 18.2 Å². The Morgan fingerprint density at radius 1 is 1.44 bits per heavy atom. The fraction of sp³-hybridized carbons (Fsp3) is 0.417. The lowest BCUT2D eigenvalue weighted by Crippen LogP contribution is -2.23. The van der Waals surface area contributed by atoms with Crippen LogP contribution in [0, 0.1) is 6.92 Å². The molecule has 16 heavy (non-hydrogen) atoms. The predicted octanol–water partition coefficient (Wildman–Crippen LogP) is 2.54. The summed E-state index contributed by atoms with van der Waals surface area (Å²) < 4.78 is 0. The molecule has 0 bridgehead atoms. The molecule has 0 saturated heterocycles. The highest BCUT2D eigenvalue weighted by Crippen LogP contribution is 2.22. The minimum Gasteiger partial charge on any atom is -0.383 e. The number of aryl methyl sites for hydroxylation is 1. The van der Waals surface area contributed by atoms with Crippen LogP contribution in [0.2, 0.25) is 5.02 Å². The molecule has 0 fully saturated rings. The quantitative estimate of drug-likeness (QED) is 0.877. The van der Waals surface area contributed by atoms with Crippen LogP contribution in [-0.4, -0.2) is 31.4 Å². The zero-order valence-corrected chi connectivity index (χ0v) is 10.6. The molecule has 1 N–H and O–H groups in total. The van der Waals surface area contributed by atoms with Crippen molar-refractivity contribution in [2.45, 2.75) is 13.3 Å². The number of hydrogen-bond donors (Lipinski definition) is 1. The summed E-state index contributed by atoms with van der Waals surface area (Å²) in [5, 5.41) is 3.84. The number of nitrogens with zero attached hydrogens (tertiary/aromatic N) is 1. The van der Waals surface area contributed by atoms with Gasteiger partial charge in [-0.05, 0) is 24.6 Å². The summed E-state index contributed by atoms with van der Waals surface area (Å²) in [4.78, 5) is 12.9. The van der Waals surface area contributed by atoms with Gasteiger partial charge in [-0.1, -0.05) is 17.7 Å².